The number of aliphatic hydroxyl groups excluding tert-OH is 2. The third kappa shape index (κ3) is 3.71. The largest absolute Gasteiger partial charge is 0.480 e. The van der Waals surface area contributed by atoms with Crippen LogP contribution in [0.2, 0.25) is 0 Å². The summed E-state index contributed by atoms with van der Waals surface area (Å²) in [6, 6.07) is -1.09. The molecule has 3 heterocycles. The van der Waals surface area contributed by atoms with Crippen molar-refractivity contribution in [3.05, 3.63) is 12.7 Å². The number of nitrogen functional groups attached to an aromatic ring is 1. The lowest BCUT2D eigenvalue weighted by molar-refractivity contribution is -0.140. The number of carboxylic acid groups (broad SMARTS) is 1. The van der Waals surface area contributed by atoms with Crippen molar-refractivity contribution in [1.82, 2.24) is 19.5 Å². The molecule has 2 unspecified atom stereocenters. The summed E-state index contributed by atoms with van der Waals surface area (Å²) < 4.78 is 7.32. The fourth-order valence-electron chi connectivity index (χ4n) is 3.24. The minimum absolute atomic E-state index is 0.187. The summed E-state index contributed by atoms with van der Waals surface area (Å²) in [5, 5.41) is 30.1. The van der Waals surface area contributed by atoms with Crippen LogP contribution in [0.4, 0.5) is 5.82 Å². The second-order valence-electron chi connectivity index (χ2n) is 6.44. The van der Waals surface area contributed by atoms with E-state index in [-0.39, 0.29) is 12.2 Å². The fraction of sp³-hybridized carbons (Fsp3) is 0.600. The molecule has 0 saturated carbocycles. The Bertz CT molecular complexity index is 819. The zero-order valence-electron chi connectivity index (χ0n) is 14.5. The van der Waals surface area contributed by atoms with E-state index in [9.17, 15) is 20.1 Å². The van der Waals surface area contributed by atoms with Crippen molar-refractivity contribution in [3.63, 3.8) is 0 Å². The van der Waals surface area contributed by atoms with Crippen molar-refractivity contribution in [2.24, 2.45) is 11.7 Å². The Morgan fingerprint density at radius 3 is 2.78 bits per heavy atom. The molecular weight excluding hydrogens is 376 g/mol. The van der Waals surface area contributed by atoms with Gasteiger partial charge >= 0.3 is 5.97 Å². The van der Waals surface area contributed by atoms with Crippen LogP contribution in [0, 0.1) is 5.92 Å². The van der Waals surface area contributed by atoms with Gasteiger partial charge in [0.1, 0.15) is 30.1 Å². The predicted octanol–water partition coefficient (Wildman–Crippen LogP) is -1.19. The second kappa shape index (κ2) is 7.94. The molecule has 0 radical (unpaired) electrons. The zero-order chi connectivity index (χ0) is 19.7. The molecule has 0 spiro atoms. The van der Waals surface area contributed by atoms with Crippen molar-refractivity contribution < 1.29 is 24.9 Å². The maximum atomic E-state index is 11.2. The summed E-state index contributed by atoms with van der Waals surface area (Å²) in [4.78, 5) is 23.3. The summed E-state index contributed by atoms with van der Waals surface area (Å²) in [6.07, 6.45) is 0.507. The highest BCUT2D eigenvalue weighted by atomic mass is 32.2. The van der Waals surface area contributed by atoms with Crippen molar-refractivity contribution in [2.75, 3.05) is 17.7 Å². The molecule has 12 heteroatoms. The number of hydrogen-bond acceptors (Lipinski definition) is 10. The molecule has 1 aliphatic heterocycles. The van der Waals surface area contributed by atoms with Crippen LogP contribution in [0.25, 0.3) is 11.2 Å². The van der Waals surface area contributed by atoms with Crippen LogP contribution in [-0.4, -0.2) is 77.2 Å². The molecule has 1 fully saturated rings. The first-order valence-electron chi connectivity index (χ1n) is 8.27. The highest BCUT2D eigenvalue weighted by Crippen LogP contribution is 2.35. The van der Waals surface area contributed by atoms with E-state index >= 15 is 0 Å². The topological polar surface area (TPSA) is 183 Å². The van der Waals surface area contributed by atoms with Gasteiger partial charge in [-0.1, -0.05) is 0 Å². The van der Waals surface area contributed by atoms with Crippen molar-refractivity contribution in [1.29, 1.82) is 0 Å². The van der Waals surface area contributed by atoms with Gasteiger partial charge in [-0.15, -0.1) is 0 Å². The van der Waals surface area contributed by atoms with Crippen LogP contribution in [-0.2, 0) is 9.53 Å². The third-order valence-corrected chi connectivity index (χ3v) is 5.47. The van der Waals surface area contributed by atoms with Crippen LogP contribution in [0.5, 0.6) is 0 Å². The molecule has 11 nitrogen and oxygen atoms in total. The SMILES string of the molecule is CSCC(C[C@H]1O[C@@H](n2cnc3c(N)ncnc32)[C@H](O)[C@@H]1O)C(N)C(=O)O. The molecule has 0 aromatic carbocycles. The lowest BCUT2D eigenvalue weighted by Crippen LogP contribution is -2.42. The molecule has 0 bridgehead atoms. The monoisotopic (exact) mass is 398 g/mol. The number of fused-ring (bicyclic) bond motifs is 1. The van der Waals surface area contributed by atoms with Gasteiger partial charge in [0.15, 0.2) is 17.7 Å². The smallest absolute Gasteiger partial charge is 0.320 e. The Morgan fingerprint density at radius 2 is 2.11 bits per heavy atom. The summed E-state index contributed by atoms with van der Waals surface area (Å²) in [5.74, 6) is -0.874. The molecule has 2 aromatic rings. The molecule has 3 rings (SSSR count). The number of ether oxygens (including phenoxy) is 1. The maximum Gasteiger partial charge on any atom is 0.320 e. The molecule has 1 saturated heterocycles. The molecular formula is C15H22N6O5S. The summed E-state index contributed by atoms with van der Waals surface area (Å²) >= 11 is 1.45. The number of anilines is 1. The fourth-order valence-corrected chi connectivity index (χ4v) is 4.01. The van der Waals surface area contributed by atoms with Gasteiger partial charge in [-0.2, -0.15) is 11.8 Å². The molecule has 0 aliphatic carbocycles. The van der Waals surface area contributed by atoms with Crippen molar-refractivity contribution in [3.8, 4) is 0 Å². The number of aliphatic carboxylic acids is 1. The summed E-state index contributed by atoms with van der Waals surface area (Å²) in [6.45, 7) is 0. The lowest BCUT2D eigenvalue weighted by Gasteiger charge is -2.24. The van der Waals surface area contributed by atoms with Crippen molar-refractivity contribution >= 4 is 34.7 Å². The Kier molecular flexibility index (Phi) is 5.81. The third-order valence-electron chi connectivity index (χ3n) is 4.71. The second-order valence-corrected chi connectivity index (χ2v) is 7.36. The Hall–Kier alpha value is -1.99. The predicted molar refractivity (Wildman–Crippen MR) is 97.8 cm³/mol. The number of carboxylic acids is 1. The Labute approximate surface area is 158 Å². The van der Waals surface area contributed by atoms with Gasteiger partial charge in [0, 0.05) is 0 Å². The molecule has 27 heavy (non-hydrogen) atoms. The maximum absolute atomic E-state index is 11.2. The number of thioether (sulfide) groups is 1. The van der Waals surface area contributed by atoms with Gasteiger partial charge in [-0.3, -0.25) is 9.36 Å². The van der Waals surface area contributed by atoms with E-state index in [4.69, 9.17) is 16.2 Å². The van der Waals surface area contributed by atoms with Gasteiger partial charge in [-0.05, 0) is 24.3 Å². The van der Waals surface area contributed by atoms with E-state index in [1.54, 1.807) is 0 Å². The molecule has 148 valence electrons. The van der Waals surface area contributed by atoms with Gasteiger partial charge in [0.2, 0.25) is 0 Å². The van der Waals surface area contributed by atoms with Gasteiger partial charge in [0.25, 0.3) is 0 Å². The molecule has 1 aliphatic rings. The summed E-state index contributed by atoms with van der Waals surface area (Å²) in [7, 11) is 0. The zero-order valence-corrected chi connectivity index (χ0v) is 15.4. The van der Waals surface area contributed by atoms with E-state index < -0.39 is 42.5 Å². The first-order valence-corrected chi connectivity index (χ1v) is 9.66. The number of nitrogens with two attached hydrogens (primary N) is 2. The minimum atomic E-state index is -1.25. The van der Waals surface area contributed by atoms with Gasteiger partial charge in [-0.25, -0.2) is 15.0 Å². The van der Waals surface area contributed by atoms with E-state index in [1.807, 2.05) is 6.26 Å². The average Bonchev–Trinajstić information content (AvgIpc) is 3.18. The van der Waals surface area contributed by atoms with Crippen molar-refractivity contribution in [2.45, 2.75) is 37.0 Å². The van der Waals surface area contributed by atoms with E-state index in [1.165, 1.54) is 29.0 Å². The molecule has 0 amide bonds. The molecule has 6 atom stereocenters. The van der Waals surface area contributed by atoms with Crippen LogP contribution >= 0.6 is 11.8 Å². The first-order chi connectivity index (χ1) is 12.8. The van der Waals surface area contributed by atoms with Crippen LogP contribution in [0.3, 0.4) is 0 Å². The van der Waals surface area contributed by atoms with Gasteiger partial charge < -0.3 is 31.5 Å². The van der Waals surface area contributed by atoms with Crippen LogP contribution in [0.1, 0.15) is 12.6 Å². The number of aliphatic hydroxyl groups is 2. The summed E-state index contributed by atoms with van der Waals surface area (Å²) in [5.41, 5.74) is 12.3. The standard InChI is InChI=1S/C15H22N6O5S/c1-27-3-6(8(16)15(24)25)2-7-10(22)11(23)14(26-7)21-5-20-9-12(17)18-4-19-13(9)21/h4-8,10-11,14,22-23H,2-3,16H2,1H3,(H,24,25)(H2,17,18,19)/t6?,7-,8?,10-,11-,14-/m1/s1. The molecule has 7 N–H and O–H groups in total. The van der Waals surface area contributed by atoms with Crippen LogP contribution in [0.15, 0.2) is 12.7 Å². The quantitative estimate of drug-likeness (QED) is 0.378. The Balaban J connectivity index is 1.82. The first kappa shape index (κ1) is 19.8. The van der Waals surface area contributed by atoms with E-state index in [2.05, 4.69) is 15.0 Å². The average molecular weight is 398 g/mol. The Morgan fingerprint density at radius 1 is 1.37 bits per heavy atom. The normalized spacial score (nSPS) is 27.7. The van der Waals surface area contributed by atoms with Crippen LogP contribution < -0.4 is 11.5 Å². The van der Waals surface area contributed by atoms with E-state index in [0.29, 0.717) is 16.9 Å². The number of nitrogens with zero attached hydrogens (tertiary/aromatic N) is 4. The number of carbonyl (C=O) groups is 1. The number of aromatic nitrogens is 4. The lowest BCUT2D eigenvalue weighted by atomic mass is 9.93. The number of rotatable bonds is 7. The number of imidazole rings is 1. The minimum Gasteiger partial charge on any atom is -0.480 e. The highest BCUT2D eigenvalue weighted by Gasteiger charge is 2.45. The molecule has 2 aromatic heterocycles. The number of hydrogen-bond donors (Lipinski definition) is 5. The van der Waals surface area contributed by atoms with E-state index in [0.717, 1.165) is 0 Å². The highest BCUT2D eigenvalue weighted by molar-refractivity contribution is 7.98. The van der Waals surface area contributed by atoms with Gasteiger partial charge in [0.05, 0.1) is 12.4 Å².